The van der Waals surface area contributed by atoms with E-state index in [9.17, 15) is 13.5 Å². The number of piperazine rings is 1. The van der Waals surface area contributed by atoms with Crippen LogP contribution in [0.2, 0.25) is 0 Å². The molecule has 4 aromatic rings. The summed E-state index contributed by atoms with van der Waals surface area (Å²) in [5.74, 6) is 6.71. The second-order valence-electron chi connectivity index (χ2n) is 13.0. The number of ether oxygens (including phenoxy) is 1. The fourth-order valence-electron chi connectivity index (χ4n) is 6.15. The summed E-state index contributed by atoms with van der Waals surface area (Å²) in [4.78, 5) is 18.4. The highest BCUT2D eigenvalue weighted by molar-refractivity contribution is 7.90. The number of pyridine rings is 1. The summed E-state index contributed by atoms with van der Waals surface area (Å²) >= 11 is 0. The first-order chi connectivity index (χ1) is 23.7. The molecule has 1 aromatic carbocycles. The zero-order valence-electron chi connectivity index (χ0n) is 27.7. The molecule has 49 heavy (non-hydrogen) atoms. The van der Waals surface area contributed by atoms with Gasteiger partial charge in [-0.05, 0) is 55.3 Å². The van der Waals surface area contributed by atoms with Crippen molar-refractivity contribution in [2.24, 2.45) is 0 Å². The van der Waals surface area contributed by atoms with Gasteiger partial charge < -0.3 is 25.4 Å². The van der Waals surface area contributed by atoms with E-state index >= 15 is 0 Å². The van der Waals surface area contributed by atoms with Crippen LogP contribution in [0.4, 0.5) is 11.6 Å². The smallest absolute Gasteiger partial charge is 0.256 e. The van der Waals surface area contributed by atoms with Gasteiger partial charge in [-0.2, -0.15) is 9.19 Å². The van der Waals surface area contributed by atoms with Crippen molar-refractivity contribution in [2.45, 2.75) is 49.3 Å². The number of likely N-dealkylation sites (N-methyl/N-ethyl adjacent to an activating group) is 1. The fraction of sp³-hybridized carbons (Fsp3) is 0.429. The van der Waals surface area contributed by atoms with Crippen molar-refractivity contribution in [3.63, 3.8) is 0 Å². The molecule has 3 N–H and O–H groups in total. The molecule has 0 amide bonds. The monoisotopic (exact) mass is 683 g/mol. The minimum atomic E-state index is -3.50. The van der Waals surface area contributed by atoms with E-state index in [0.717, 1.165) is 53.5 Å². The van der Waals surface area contributed by atoms with Gasteiger partial charge in [-0.3, -0.25) is 4.90 Å². The second-order valence-corrected chi connectivity index (χ2v) is 15.1. The van der Waals surface area contributed by atoms with Crippen molar-refractivity contribution in [3.8, 4) is 23.2 Å². The van der Waals surface area contributed by atoms with Gasteiger partial charge in [0.1, 0.15) is 11.6 Å². The lowest BCUT2D eigenvalue weighted by Crippen LogP contribution is -2.45. The lowest BCUT2D eigenvalue weighted by molar-refractivity contribution is -0.206. The quantitative estimate of drug-likeness (QED) is 0.176. The molecule has 0 spiro atoms. The summed E-state index contributed by atoms with van der Waals surface area (Å²) in [6.45, 7) is 5.83. The Balaban J connectivity index is 1.11. The molecule has 0 radical (unpaired) electrons. The van der Waals surface area contributed by atoms with Crippen LogP contribution in [0.3, 0.4) is 0 Å². The van der Waals surface area contributed by atoms with Gasteiger partial charge in [0.2, 0.25) is 0 Å². The largest absolute Gasteiger partial charge is 0.365 e. The van der Waals surface area contributed by atoms with Crippen LogP contribution in [-0.2, 0) is 21.3 Å². The molecule has 0 bridgehead atoms. The van der Waals surface area contributed by atoms with E-state index in [-0.39, 0.29) is 11.3 Å². The maximum atomic E-state index is 12.6. The Morgan fingerprint density at radius 1 is 1.06 bits per heavy atom. The number of nitrogens with zero attached hydrogens (tertiary/aromatic N) is 7. The Morgan fingerprint density at radius 3 is 2.61 bits per heavy atom. The molecule has 256 valence electrons. The Bertz CT molecular complexity index is 1960. The third-order valence-electron chi connectivity index (χ3n) is 9.35. The molecule has 14 heteroatoms. The standard InChI is InChI=1S/C35H41N9O4S/c1-42-15-17-43(18-16-42)23-26-5-3-25(4-6-26)7-8-27-21-38-33(19-30(27)31-20-35(45,48-2)12-14-36-31)40-32-11-13-37-34(41-32)28-22-39-44(24-28)49(46,47)29-9-10-29/h3-6,11,13,19,21-22,24,29,31,36,45H,9-10,12,14-18,20,23H2,1-2H3,(H,37,38,40,41). The number of aliphatic hydroxyl groups is 1. The number of hydrogen-bond acceptors (Lipinski definition) is 12. The van der Waals surface area contributed by atoms with E-state index < -0.39 is 15.8 Å². The number of rotatable bonds is 9. The fourth-order valence-corrected chi connectivity index (χ4v) is 7.62. The van der Waals surface area contributed by atoms with Crippen LogP contribution < -0.4 is 10.6 Å². The van der Waals surface area contributed by atoms with E-state index in [1.165, 1.54) is 25.1 Å². The van der Waals surface area contributed by atoms with Crippen molar-refractivity contribution in [3.05, 3.63) is 83.4 Å². The molecule has 2 saturated heterocycles. The molecule has 5 heterocycles. The number of benzene rings is 1. The molecule has 1 aliphatic carbocycles. The predicted molar refractivity (Wildman–Crippen MR) is 185 cm³/mol. The Morgan fingerprint density at radius 2 is 1.86 bits per heavy atom. The third-order valence-corrected chi connectivity index (χ3v) is 11.4. The predicted octanol–water partition coefficient (Wildman–Crippen LogP) is 2.73. The molecule has 2 atom stereocenters. The van der Waals surface area contributed by atoms with E-state index in [1.807, 2.05) is 6.07 Å². The summed E-state index contributed by atoms with van der Waals surface area (Å²) < 4.78 is 31.7. The summed E-state index contributed by atoms with van der Waals surface area (Å²) in [5.41, 5.74) is 4.26. The highest BCUT2D eigenvalue weighted by Crippen LogP contribution is 2.34. The van der Waals surface area contributed by atoms with Gasteiger partial charge in [0, 0.05) is 88.8 Å². The summed E-state index contributed by atoms with van der Waals surface area (Å²) in [7, 11) is 0.191. The van der Waals surface area contributed by atoms with E-state index in [0.29, 0.717) is 55.3 Å². The normalized spacial score (nSPS) is 22.0. The lowest BCUT2D eigenvalue weighted by Gasteiger charge is -2.36. The highest BCUT2D eigenvalue weighted by atomic mass is 32.2. The van der Waals surface area contributed by atoms with Gasteiger partial charge in [0.25, 0.3) is 10.0 Å². The molecule has 3 aromatic heterocycles. The number of piperidine rings is 1. The average Bonchev–Trinajstić information content (AvgIpc) is 3.86. The second kappa shape index (κ2) is 13.9. The molecule has 13 nitrogen and oxygen atoms in total. The van der Waals surface area contributed by atoms with Crippen molar-refractivity contribution in [2.75, 3.05) is 52.2 Å². The molecule has 1 saturated carbocycles. The van der Waals surface area contributed by atoms with Crippen LogP contribution in [0.1, 0.15) is 54.0 Å². The van der Waals surface area contributed by atoms with Gasteiger partial charge >= 0.3 is 0 Å². The van der Waals surface area contributed by atoms with Crippen LogP contribution in [0.15, 0.2) is 61.2 Å². The summed E-state index contributed by atoms with van der Waals surface area (Å²) in [5, 5.41) is 21.4. The number of hydrogen-bond donors (Lipinski definition) is 3. The van der Waals surface area contributed by atoms with E-state index in [1.54, 1.807) is 18.5 Å². The van der Waals surface area contributed by atoms with Crippen LogP contribution in [0, 0.1) is 11.8 Å². The zero-order chi connectivity index (χ0) is 34.0. The summed E-state index contributed by atoms with van der Waals surface area (Å²) in [6.07, 6.45) is 8.34. The molecule has 7 rings (SSSR count). The Hall–Kier alpha value is -4.23. The first-order valence-corrected chi connectivity index (χ1v) is 18.1. The van der Waals surface area contributed by atoms with Crippen molar-refractivity contribution >= 4 is 21.7 Å². The van der Waals surface area contributed by atoms with Crippen LogP contribution in [0.25, 0.3) is 11.4 Å². The Labute approximate surface area is 286 Å². The van der Waals surface area contributed by atoms with Gasteiger partial charge in [0.05, 0.1) is 23.2 Å². The van der Waals surface area contributed by atoms with Gasteiger partial charge in [0.15, 0.2) is 11.6 Å². The lowest BCUT2D eigenvalue weighted by atomic mass is 9.90. The van der Waals surface area contributed by atoms with Crippen molar-refractivity contribution < 1.29 is 18.3 Å². The number of anilines is 2. The molecule has 2 unspecified atom stereocenters. The Kier molecular flexibility index (Phi) is 9.47. The number of nitrogens with one attached hydrogen (secondary N) is 2. The van der Waals surface area contributed by atoms with Crippen molar-refractivity contribution in [1.82, 2.24) is 39.3 Å². The van der Waals surface area contributed by atoms with Crippen LogP contribution >= 0.6 is 0 Å². The molecule has 3 aliphatic rings. The SMILES string of the molecule is COC1(O)CCNC(c2cc(Nc3ccnc(-c4cnn(S(=O)(=O)C5CC5)c4)n3)ncc2C#Cc2ccc(CN3CCN(C)CC3)cc2)C1. The van der Waals surface area contributed by atoms with Crippen LogP contribution in [0.5, 0.6) is 0 Å². The molecule has 2 aliphatic heterocycles. The maximum Gasteiger partial charge on any atom is 0.256 e. The average molecular weight is 684 g/mol. The highest BCUT2D eigenvalue weighted by Gasteiger charge is 2.38. The van der Waals surface area contributed by atoms with Crippen LogP contribution in [-0.4, -0.2) is 105 Å². The third kappa shape index (κ3) is 7.83. The molecular weight excluding hydrogens is 643 g/mol. The van der Waals surface area contributed by atoms with Gasteiger partial charge in [-0.1, -0.05) is 24.0 Å². The van der Waals surface area contributed by atoms with Gasteiger partial charge in [-0.15, -0.1) is 0 Å². The topological polar surface area (TPSA) is 151 Å². The minimum absolute atomic E-state index is 0.238. The van der Waals surface area contributed by atoms with Gasteiger partial charge in [-0.25, -0.2) is 23.4 Å². The molecular formula is C35H41N9O4S. The first-order valence-electron chi connectivity index (χ1n) is 16.6. The number of aromatic nitrogens is 5. The first kappa shape index (κ1) is 33.3. The molecule has 3 fully saturated rings. The van der Waals surface area contributed by atoms with E-state index in [4.69, 9.17) is 4.74 Å². The maximum absolute atomic E-state index is 12.6. The number of methoxy groups -OCH3 is 1. The van der Waals surface area contributed by atoms with Crippen molar-refractivity contribution in [1.29, 1.82) is 0 Å². The minimum Gasteiger partial charge on any atom is -0.365 e. The van der Waals surface area contributed by atoms with E-state index in [2.05, 4.69) is 83.6 Å². The zero-order valence-corrected chi connectivity index (χ0v) is 28.5. The summed E-state index contributed by atoms with van der Waals surface area (Å²) in [6, 6.07) is 11.8.